The summed E-state index contributed by atoms with van der Waals surface area (Å²) < 4.78 is 41.2. The van der Waals surface area contributed by atoms with E-state index in [1.165, 1.54) is 0 Å². The van der Waals surface area contributed by atoms with Crippen LogP contribution in [-0.2, 0) is 6.18 Å². The summed E-state index contributed by atoms with van der Waals surface area (Å²) in [5, 5.41) is 10.6. The second kappa shape index (κ2) is 10.7. The fourth-order valence-corrected chi connectivity index (χ4v) is 4.76. The molecule has 0 aliphatic carbocycles. The molecule has 1 saturated heterocycles. The van der Waals surface area contributed by atoms with Crippen molar-refractivity contribution < 1.29 is 18.0 Å². The van der Waals surface area contributed by atoms with E-state index in [4.69, 9.17) is 0 Å². The first kappa shape index (κ1) is 27.2. The minimum absolute atomic E-state index is 0.0891. The van der Waals surface area contributed by atoms with E-state index in [-0.39, 0.29) is 11.7 Å². The van der Waals surface area contributed by atoms with Crippen molar-refractivity contribution >= 4 is 28.3 Å². The third-order valence-electron chi connectivity index (χ3n) is 7.20. The van der Waals surface area contributed by atoms with Gasteiger partial charge in [-0.25, -0.2) is 4.98 Å². The number of carbonyl (C=O) groups excluding carboxylic acids is 1. The first-order chi connectivity index (χ1) is 19.0. The number of benzene rings is 2. The Kier molecular flexibility index (Phi) is 7.25. The van der Waals surface area contributed by atoms with Crippen molar-refractivity contribution in [1.29, 1.82) is 0 Å². The van der Waals surface area contributed by atoms with Gasteiger partial charge in [-0.1, -0.05) is 17.9 Å². The Morgan fingerprint density at radius 3 is 2.65 bits per heavy atom. The molecule has 5 rings (SSSR count). The van der Waals surface area contributed by atoms with Crippen LogP contribution < -0.4 is 10.2 Å². The van der Waals surface area contributed by atoms with Gasteiger partial charge in [-0.05, 0) is 76.3 Å². The Balaban J connectivity index is 1.40. The van der Waals surface area contributed by atoms with E-state index in [0.717, 1.165) is 35.2 Å². The standard InChI is InChI=1S/C30H29F3N6O/c1-18-5-7-22(12-21(18)8-6-20-11-27-19(2)36-37-28(27)34-16-20)29(40)35-24-13-23(30(31,32)33)14-26(15-24)39-10-9-25(17-39)38(3)4/h5,7,11-16,25H,9-10,17H2,1-4H3,(H,35,40)(H,34,36,37)/t25-/m0/s1. The number of nitrogens with zero attached hydrogens (tertiary/aromatic N) is 4. The number of carbonyl (C=O) groups is 1. The van der Waals surface area contributed by atoms with Gasteiger partial charge < -0.3 is 15.1 Å². The normalized spacial score (nSPS) is 15.4. The molecule has 0 bridgehead atoms. The number of hydrogen-bond acceptors (Lipinski definition) is 5. The van der Waals surface area contributed by atoms with Crippen LogP contribution in [0, 0.1) is 25.7 Å². The third kappa shape index (κ3) is 5.80. The molecule has 1 aliphatic rings. The first-order valence-corrected chi connectivity index (χ1v) is 12.9. The Bertz CT molecular complexity index is 1650. The van der Waals surface area contributed by atoms with Crippen LogP contribution >= 0.6 is 0 Å². The van der Waals surface area contributed by atoms with Crippen molar-refractivity contribution in [3.8, 4) is 11.8 Å². The van der Waals surface area contributed by atoms with Crippen molar-refractivity contribution in [2.45, 2.75) is 32.5 Å². The largest absolute Gasteiger partial charge is 0.416 e. The first-order valence-electron chi connectivity index (χ1n) is 12.9. The number of H-pyrrole nitrogens is 1. The van der Waals surface area contributed by atoms with Crippen molar-refractivity contribution in [1.82, 2.24) is 20.1 Å². The molecule has 0 saturated carbocycles. The predicted molar refractivity (Wildman–Crippen MR) is 149 cm³/mol. The third-order valence-corrected chi connectivity index (χ3v) is 7.20. The highest BCUT2D eigenvalue weighted by Gasteiger charge is 2.33. The molecule has 2 aromatic carbocycles. The van der Waals surface area contributed by atoms with E-state index in [1.807, 2.05) is 38.9 Å². The van der Waals surface area contributed by atoms with Gasteiger partial charge in [0.2, 0.25) is 0 Å². The van der Waals surface area contributed by atoms with Gasteiger partial charge in [0, 0.05) is 64.5 Å². The van der Waals surface area contributed by atoms with Gasteiger partial charge in [0.15, 0.2) is 5.65 Å². The molecule has 40 heavy (non-hydrogen) atoms. The zero-order valence-corrected chi connectivity index (χ0v) is 22.6. The van der Waals surface area contributed by atoms with Crippen LogP contribution in [0.15, 0.2) is 48.7 Å². The number of fused-ring (bicyclic) bond motifs is 1. The molecule has 206 valence electrons. The van der Waals surface area contributed by atoms with Crippen LogP contribution in [0.2, 0.25) is 0 Å². The van der Waals surface area contributed by atoms with E-state index < -0.39 is 17.6 Å². The van der Waals surface area contributed by atoms with Gasteiger partial charge in [0.05, 0.1) is 5.56 Å². The number of aromatic amines is 1. The smallest absolute Gasteiger partial charge is 0.370 e. The molecule has 1 aliphatic heterocycles. The summed E-state index contributed by atoms with van der Waals surface area (Å²) in [5.41, 5.74) is 3.70. The average Bonchev–Trinajstić information content (AvgIpc) is 3.55. The van der Waals surface area contributed by atoms with E-state index in [1.54, 1.807) is 30.5 Å². The van der Waals surface area contributed by atoms with Crippen LogP contribution in [0.4, 0.5) is 24.5 Å². The predicted octanol–water partition coefficient (Wildman–Crippen LogP) is 5.39. The molecular formula is C30H29F3N6O. The Morgan fingerprint density at radius 2 is 1.93 bits per heavy atom. The highest BCUT2D eigenvalue weighted by Crippen LogP contribution is 2.36. The minimum Gasteiger partial charge on any atom is -0.370 e. The number of rotatable bonds is 4. The highest BCUT2D eigenvalue weighted by atomic mass is 19.4. The maximum atomic E-state index is 13.7. The lowest BCUT2D eigenvalue weighted by molar-refractivity contribution is -0.137. The van der Waals surface area contributed by atoms with E-state index in [0.29, 0.717) is 41.1 Å². The Hall–Kier alpha value is -4.36. The zero-order chi connectivity index (χ0) is 28.6. The van der Waals surface area contributed by atoms with Gasteiger partial charge in [-0.2, -0.15) is 18.3 Å². The Labute approximate surface area is 230 Å². The zero-order valence-electron chi connectivity index (χ0n) is 22.6. The number of amides is 1. The molecule has 1 fully saturated rings. The molecular weight excluding hydrogens is 517 g/mol. The molecule has 3 heterocycles. The molecule has 2 aromatic heterocycles. The van der Waals surface area contributed by atoms with Gasteiger partial charge in [-0.15, -0.1) is 0 Å². The topological polar surface area (TPSA) is 77.2 Å². The number of pyridine rings is 1. The van der Waals surface area contributed by atoms with Gasteiger partial charge >= 0.3 is 6.18 Å². The molecule has 1 amide bonds. The quantitative estimate of drug-likeness (QED) is 0.336. The van der Waals surface area contributed by atoms with Gasteiger partial charge in [-0.3, -0.25) is 9.89 Å². The highest BCUT2D eigenvalue weighted by molar-refractivity contribution is 6.04. The summed E-state index contributed by atoms with van der Waals surface area (Å²) >= 11 is 0. The van der Waals surface area contributed by atoms with E-state index in [2.05, 4.69) is 37.2 Å². The molecule has 0 radical (unpaired) electrons. The van der Waals surface area contributed by atoms with Gasteiger partial charge in [0.1, 0.15) is 0 Å². The number of aryl methyl sites for hydroxylation is 2. The summed E-state index contributed by atoms with van der Waals surface area (Å²) in [7, 11) is 3.92. The number of alkyl halides is 3. The fraction of sp³-hybridized carbons (Fsp3) is 0.300. The maximum Gasteiger partial charge on any atom is 0.416 e. The molecule has 4 aromatic rings. The second-order valence-corrected chi connectivity index (χ2v) is 10.3. The van der Waals surface area contributed by atoms with Crippen molar-refractivity contribution in [2.24, 2.45) is 0 Å². The summed E-state index contributed by atoms with van der Waals surface area (Å²) in [6, 6.07) is 10.9. The fourth-order valence-electron chi connectivity index (χ4n) is 4.76. The molecule has 7 nitrogen and oxygen atoms in total. The van der Waals surface area contributed by atoms with E-state index in [9.17, 15) is 18.0 Å². The van der Waals surface area contributed by atoms with Crippen LogP contribution in [-0.4, -0.2) is 59.2 Å². The summed E-state index contributed by atoms with van der Waals surface area (Å²) in [4.78, 5) is 21.5. The molecule has 1 atom stereocenters. The number of nitrogens with one attached hydrogen (secondary N) is 2. The monoisotopic (exact) mass is 546 g/mol. The lowest BCUT2D eigenvalue weighted by atomic mass is 10.0. The van der Waals surface area contributed by atoms with Crippen LogP contribution in [0.3, 0.4) is 0 Å². The van der Waals surface area contributed by atoms with Crippen LogP contribution in [0.5, 0.6) is 0 Å². The number of halogens is 3. The van der Waals surface area contributed by atoms with Crippen molar-refractivity contribution in [3.05, 3.63) is 82.2 Å². The lowest BCUT2D eigenvalue weighted by Gasteiger charge is -2.23. The number of likely N-dealkylation sites (N-methyl/N-ethyl adjacent to an activating group) is 1. The molecule has 10 heteroatoms. The number of aromatic nitrogens is 3. The van der Waals surface area contributed by atoms with Gasteiger partial charge in [0.25, 0.3) is 5.91 Å². The SMILES string of the molecule is Cc1ccc(C(=O)Nc2cc(N3CC[C@H](N(C)C)C3)cc(C(F)(F)F)c2)cc1C#Cc1cnc2n[nH]c(C)c2c1. The average molecular weight is 547 g/mol. The maximum absolute atomic E-state index is 13.7. The van der Waals surface area contributed by atoms with E-state index >= 15 is 0 Å². The van der Waals surface area contributed by atoms with Crippen LogP contribution in [0.1, 0.15) is 44.7 Å². The Morgan fingerprint density at radius 1 is 1.12 bits per heavy atom. The van der Waals surface area contributed by atoms with Crippen molar-refractivity contribution in [2.75, 3.05) is 37.4 Å². The summed E-state index contributed by atoms with van der Waals surface area (Å²) in [6.07, 6.45) is -2.06. The molecule has 0 spiro atoms. The van der Waals surface area contributed by atoms with Crippen molar-refractivity contribution in [3.63, 3.8) is 0 Å². The molecule has 0 unspecified atom stereocenters. The lowest BCUT2D eigenvalue weighted by Crippen LogP contribution is -2.31. The number of hydrogen-bond donors (Lipinski definition) is 2. The molecule has 2 N–H and O–H groups in total. The number of anilines is 2. The van der Waals surface area contributed by atoms with Crippen LogP contribution in [0.25, 0.3) is 11.0 Å². The summed E-state index contributed by atoms with van der Waals surface area (Å²) in [6.45, 7) is 5.04. The minimum atomic E-state index is -4.55. The summed E-state index contributed by atoms with van der Waals surface area (Å²) in [5.74, 6) is 5.66. The second-order valence-electron chi connectivity index (χ2n) is 10.3.